The van der Waals surface area contributed by atoms with Gasteiger partial charge < -0.3 is 19.1 Å². The smallest absolute Gasteiger partial charge is 0.336 e. The van der Waals surface area contributed by atoms with Crippen LogP contribution in [0.5, 0.6) is 5.75 Å². The van der Waals surface area contributed by atoms with Gasteiger partial charge in [0.05, 0.1) is 24.8 Å². The van der Waals surface area contributed by atoms with Crippen LogP contribution in [0.25, 0.3) is 21.6 Å². The second kappa shape index (κ2) is 9.81. The number of benzene rings is 2. The molecular formula is C34H24F3N3O6S. The number of nitrogens with zero attached hydrogens (tertiary/aromatic N) is 3. The van der Waals surface area contributed by atoms with Crippen molar-refractivity contribution in [2.45, 2.75) is 37.8 Å². The summed E-state index contributed by atoms with van der Waals surface area (Å²) in [6.45, 7) is 2.02. The van der Waals surface area contributed by atoms with Crippen molar-refractivity contribution in [2.75, 3.05) is 24.8 Å². The molecule has 1 amide bonds. The highest BCUT2D eigenvalue weighted by molar-refractivity contribution is 7.14. The summed E-state index contributed by atoms with van der Waals surface area (Å²) in [5.74, 6) is -5.91. The van der Waals surface area contributed by atoms with Gasteiger partial charge in [-0.15, -0.1) is 11.3 Å². The molecule has 2 aliphatic carbocycles. The third-order valence-corrected chi connectivity index (χ3v) is 10.5. The highest BCUT2D eigenvalue weighted by atomic mass is 32.1. The molecule has 1 saturated heterocycles. The van der Waals surface area contributed by atoms with E-state index in [-0.39, 0.29) is 36.8 Å². The largest absolute Gasteiger partial charge is 0.444 e. The molecule has 5 heterocycles. The molecule has 0 saturated carbocycles. The molecule has 4 aromatic rings. The van der Waals surface area contributed by atoms with E-state index in [1.54, 1.807) is 17.2 Å². The first-order valence-corrected chi connectivity index (χ1v) is 15.9. The van der Waals surface area contributed by atoms with Crippen LogP contribution in [0.15, 0.2) is 70.5 Å². The summed E-state index contributed by atoms with van der Waals surface area (Å²) < 4.78 is 65.9. The average Bonchev–Trinajstić information content (AvgIpc) is 3.58. The van der Waals surface area contributed by atoms with E-state index in [1.807, 2.05) is 29.3 Å². The number of fused-ring (bicyclic) bond motifs is 4. The number of alkyl halides is 2. The minimum absolute atomic E-state index is 0.0704. The van der Waals surface area contributed by atoms with Crippen molar-refractivity contribution in [2.24, 2.45) is 0 Å². The van der Waals surface area contributed by atoms with Crippen LogP contribution in [0, 0.1) is 5.82 Å². The third-order valence-electron chi connectivity index (χ3n) is 9.46. The van der Waals surface area contributed by atoms with E-state index in [9.17, 15) is 14.4 Å². The standard InChI is InChI=1S/C34H24F3N3O6S/c1-16-12-24(46-33(16)43)45-30-22(41)8-9-39-29(30)32(42)38-10-11-44-14-23(38)40(39)28-18-4-2-3-5-19(18)31-25-17(15-47-31)13-34(36,37)27-21(35)7-6-20(28)26(25)27/h2-9,12,15,23-24,28H,10-11,13-14H2,1H3/t23-,24?,28-/m1/s1. The van der Waals surface area contributed by atoms with Crippen LogP contribution < -0.4 is 15.2 Å². The van der Waals surface area contributed by atoms with Crippen LogP contribution in [0.2, 0.25) is 0 Å². The van der Waals surface area contributed by atoms with Gasteiger partial charge in [0.2, 0.25) is 11.2 Å². The van der Waals surface area contributed by atoms with Crippen LogP contribution in [-0.4, -0.2) is 53.7 Å². The quantitative estimate of drug-likeness (QED) is 0.283. The van der Waals surface area contributed by atoms with Crippen LogP contribution in [0.4, 0.5) is 13.2 Å². The summed E-state index contributed by atoms with van der Waals surface area (Å²) in [5.41, 5.74) is 2.00. The molecule has 3 atom stereocenters. The highest BCUT2D eigenvalue weighted by Crippen LogP contribution is 2.58. The molecule has 238 valence electrons. The molecule has 47 heavy (non-hydrogen) atoms. The molecule has 2 aromatic heterocycles. The van der Waals surface area contributed by atoms with Crippen LogP contribution >= 0.6 is 11.3 Å². The van der Waals surface area contributed by atoms with Gasteiger partial charge in [-0.1, -0.05) is 30.3 Å². The molecule has 1 unspecified atom stereocenters. The minimum Gasteiger partial charge on any atom is -0.444 e. The predicted octanol–water partition coefficient (Wildman–Crippen LogP) is 5.09. The second-order valence-corrected chi connectivity index (χ2v) is 13.0. The number of hydrogen-bond donors (Lipinski definition) is 0. The zero-order valence-electron chi connectivity index (χ0n) is 24.7. The lowest BCUT2D eigenvalue weighted by Gasteiger charge is -2.51. The normalized spacial score (nSPS) is 23.2. The lowest BCUT2D eigenvalue weighted by Crippen LogP contribution is -2.66. The van der Waals surface area contributed by atoms with Gasteiger partial charge in [0.1, 0.15) is 12.0 Å². The van der Waals surface area contributed by atoms with E-state index < -0.39 is 59.5 Å². The van der Waals surface area contributed by atoms with Gasteiger partial charge in [0.15, 0.2) is 5.69 Å². The fourth-order valence-corrected chi connectivity index (χ4v) is 8.60. The Kier molecular flexibility index (Phi) is 5.92. The Hall–Kier alpha value is -4.88. The lowest BCUT2D eigenvalue weighted by atomic mass is 9.80. The summed E-state index contributed by atoms with van der Waals surface area (Å²) in [7, 11) is 0. The maximum Gasteiger partial charge on any atom is 0.336 e. The molecule has 2 aromatic carbocycles. The molecule has 0 spiro atoms. The summed E-state index contributed by atoms with van der Waals surface area (Å²) in [5, 5.41) is 3.54. The SMILES string of the molecule is CC1=CC(Oc2c3n(ccc2=O)N([C@@H]2c4ccccc4-c4scc5c4-c4c2ccc(F)c4C(F)(F)C5)[C@@H]2COCCN2C3=O)OC1=O. The number of pyridine rings is 1. The Balaban J connectivity index is 1.34. The summed E-state index contributed by atoms with van der Waals surface area (Å²) >= 11 is 1.34. The number of rotatable bonds is 3. The number of hydrogen-bond acceptors (Lipinski definition) is 8. The Morgan fingerprint density at radius 3 is 2.68 bits per heavy atom. The third kappa shape index (κ3) is 3.89. The van der Waals surface area contributed by atoms with E-state index >= 15 is 13.2 Å². The average molecular weight is 660 g/mol. The van der Waals surface area contributed by atoms with E-state index in [0.29, 0.717) is 22.3 Å². The molecule has 13 heteroatoms. The molecular weight excluding hydrogens is 635 g/mol. The fraction of sp³-hybridized carbons (Fsp3) is 0.265. The van der Waals surface area contributed by atoms with Gasteiger partial charge in [-0.25, -0.2) is 18.0 Å². The van der Waals surface area contributed by atoms with Crippen molar-refractivity contribution in [3.05, 3.63) is 110 Å². The van der Waals surface area contributed by atoms with Crippen molar-refractivity contribution < 1.29 is 37.0 Å². The van der Waals surface area contributed by atoms with Crippen molar-refractivity contribution >= 4 is 23.2 Å². The van der Waals surface area contributed by atoms with Crippen LogP contribution in [-0.2, 0) is 26.6 Å². The fourth-order valence-electron chi connectivity index (χ4n) is 7.48. The second-order valence-electron chi connectivity index (χ2n) is 12.1. The molecule has 5 aliphatic rings. The number of carbonyl (C=O) groups is 2. The summed E-state index contributed by atoms with van der Waals surface area (Å²) in [6, 6.07) is 10.5. The van der Waals surface area contributed by atoms with E-state index in [1.165, 1.54) is 40.4 Å². The summed E-state index contributed by atoms with van der Waals surface area (Å²) in [4.78, 5) is 42.0. The van der Waals surface area contributed by atoms with Gasteiger partial charge >= 0.3 is 5.97 Å². The van der Waals surface area contributed by atoms with Gasteiger partial charge in [-0.2, -0.15) is 0 Å². The molecule has 0 N–H and O–H groups in total. The first-order chi connectivity index (χ1) is 22.6. The zero-order valence-corrected chi connectivity index (χ0v) is 25.5. The van der Waals surface area contributed by atoms with E-state index in [2.05, 4.69) is 0 Å². The number of carbonyl (C=O) groups excluding carboxylic acids is 2. The first-order valence-electron chi connectivity index (χ1n) is 15.0. The van der Waals surface area contributed by atoms with E-state index in [0.717, 1.165) is 22.1 Å². The monoisotopic (exact) mass is 659 g/mol. The number of esters is 1. The molecule has 9 rings (SSSR count). The Bertz CT molecular complexity index is 2160. The van der Waals surface area contributed by atoms with Gasteiger partial charge in [-0.3, -0.25) is 19.3 Å². The van der Waals surface area contributed by atoms with Crippen LogP contribution in [0.3, 0.4) is 0 Å². The van der Waals surface area contributed by atoms with Crippen molar-refractivity contribution in [3.8, 4) is 27.3 Å². The van der Waals surface area contributed by atoms with Crippen molar-refractivity contribution in [1.82, 2.24) is 9.58 Å². The van der Waals surface area contributed by atoms with Gasteiger partial charge in [0.25, 0.3) is 18.1 Å². The molecule has 0 bridgehead atoms. The molecule has 9 nitrogen and oxygen atoms in total. The van der Waals surface area contributed by atoms with Gasteiger partial charge in [0, 0.05) is 52.9 Å². The number of cyclic esters (lactones) is 1. The Labute approximate surface area is 269 Å². The number of ether oxygens (including phenoxy) is 3. The number of halogens is 3. The topological polar surface area (TPSA) is 90.3 Å². The number of amides is 1. The van der Waals surface area contributed by atoms with Crippen molar-refractivity contribution in [1.29, 1.82) is 0 Å². The lowest BCUT2D eigenvalue weighted by molar-refractivity contribution is -0.148. The number of thiophene rings is 1. The minimum atomic E-state index is -3.46. The maximum absolute atomic E-state index is 15.9. The predicted molar refractivity (Wildman–Crippen MR) is 163 cm³/mol. The first kappa shape index (κ1) is 28.4. The van der Waals surface area contributed by atoms with E-state index in [4.69, 9.17) is 14.2 Å². The van der Waals surface area contributed by atoms with Crippen molar-refractivity contribution in [3.63, 3.8) is 0 Å². The maximum atomic E-state index is 15.9. The Morgan fingerprint density at radius 2 is 1.87 bits per heavy atom. The van der Waals surface area contributed by atoms with Crippen LogP contribution in [0.1, 0.15) is 45.7 Å². The number of morpholine rings is 1. The summed E-state index contributed by atoms with van der Waals surface area (Å²) in [6.07, 6.45) is 0.257. The molecule has 1 fully saturated rings. The highest BCUT2D eigenvalue weighted by Gasteiger charge is 2.50. The molecule has 3 aliphatic heterocycles. The Morgan fingerprint density at radius 1 is 1.04 bits per heavy atom. The number of aromatic nitrogens is 1. The zero-order chi connectivity index (χ0) is 32.4. The molecule has 0 radical (unpaired) electrons. The van der Waals surface area contributed by atoms with Gasteiger partial charge in [-0.05, 0) is 40.6 Å².